The van der Waals surface area contributed by atoms with Crippen molar-refractivity contribution in [2.24, 2.45) is 5.73 Å². The third-order valence-corrected chi connectivity index (χ3v) is 5.94. The van der Waals surface area contributed by atoms with Gasteiger partial charge < -0.3 is 30.6 Å². The second kappa shape index (κ2) is 17.3. The van der Waals surface area contributed by atoms with E-state index in [-0.39, 0.29) is 25.1 Å². The Kier molecular flexibility index (Phi) is 14.2. The van der Waals surface area contributed by atoms with Crippen LogP contribution in [0.25, 0.3) is 16.7 Å². The minimum absolute atomic E-state index is 0.0416. The summed E-state index contributed by atoms with van der Waals surface area (Å²) < 4.78 is 35.4. The summed E-state index contributed by atoms with van der Waals surface area (Å²) in [4.78, 5) is 30.7. The van der Waals surface area contributed by atoms with E-state index in [1.54, 1.807) is 6.20 Å². The first-order valence-electron chi connectivity index (χ1n) is 12.2. The first-order valence-corrected chi connectivity index (χ1v) is 13.9. The van der Waals surface area contributed by atoms with Crippen molar-refractivity contribution in [1.29, 1.82) is 0 Å². The van der Waals surface area contributed by atoms with E-state index in [0.29, 0.717) is 29.9 Å². The third-order valence-electron chi connectivity index (χ3n) is 5.28. The predicted octanol–water partition coefficient (Wildman–Crippen LogP) is 3.36. The summed E-state index contributed by atoms with van der Waals surface area (Å²) in [7, 11) is -1.37. The Balaban J connectivity index is 0.000000267. The molecule has 15 heteroatoms. The minimum atomic E-state index is -2.26. The average molecular weight is 583 g/mol. The molecule has 3 atom stereocenters. The molecule has 3 aromatic rings. The number of nitro groups is 1. The molecule has 0 spiro atoms. The van der Waals surface area contributed by atoms with Crippen molar-refractivity contribution in [3.05, 3.63) is 69.7 Å². The Labute approximate surface area is 231 Å². The topological polar surface area (TPSA) is 179 Å². The Morgan fingerprint density at radius 3 is 2.58 bits per heavy atom. The zero-order chi connectivity index (χ0) is 29.5. The number of H-pyrrole nitrogens is 1. The maximum atomic E-state index is 12.8. The van der Waals surface area contributed by atoms with E-state index in [4.69, 9.17) is 25.7 Å². The maximum absolute atomic E-state index is 12.8. The van der Waals surface area contributed by atoms with E-state index >= 15 is 0 Å². The van der Waals surface area contributed by atoms with E-state index in [1.807, 2.05) is 6.07 Å². The van der Waals surface area contributed by atoms with Crippen molar-refractivity contribution in [3.8, 4) is 5.75 Å². The highest BCUT2D eigenvalue weighted by molar-refractivity contribution is 7.51. The number of carbonyl (C=O) groups is 1. The highest BCUT2D eigenvalue weighted by Crippen LogP contribution is 2.40. The van der Waals surface area contributed by atoms with Crippen molar-refractivity contribution in [2.75, 3.05) is 46.6 Å². The number of nitrogens with one attached hydrogen (secondary N) is 2. The fraction of sp³-hybridized carbons (Fsp3) is 0.400. The first-order chi connectivity index (χ1) is 19.2. The van der Waals surface area contributed by atoms with Gasteiger partial charge in [-0.15, -0.1) is 0 Å². The Bertz CT molecular complexity index is 1240. The molecule has 0 radical (unpaired) electrons. The van der Waals surface area contributed by atoms with Crippen molar-refractivity contribution < 1.29 is 32.9 Å². The van der Waals surface area contributed by atoms with E-state index in [1.165, 1.54) is 29.8 Å². The molecule has 1 aromatic carbocycles. The van der Waals surface area contributed by atoms with Gasteiger partial charge in [-0.1, -0.05) is 6.08 Å². The SMILES string of the molecule is CP(F)C(F)Oc1ccc(C=O)cc1.C[N+](=O)[O-].NCC(OCCO)c1nc2nccc(C3=CCNCC3)c2[nH]1. The van der Waals surface area contributed by atoms with E-state index in [9.17, 15) is 13.4 Å². The smallest absolute Gasteiger partial charge is 0.284 e. The van der Waals surface area contributed by atoms with Gasteiger partial charge in [0.1, 0.15) is 24.0 Å². The number of nitrogens with two attached hydrogens (primary N) is 1. The van der Waals surface area contributed by atoms with Crippen LogP contribution >= 0.6 is 8.23 Å². The van der Waals surface area contributed by atoms with Gasteiger partial charge in [-0.25, -0.2) is 14.2 Å². The number of aromatic nitrogens is 3. The number of aliphatic hydroxyl groups excluding tert-OH is 1. The number of carbonyl (C=O) groups excluding carboxylic acids is 1. The van der Waals surface area contributed by atoms with Crippen molar-refractivity contribution in [1.82, 2.24) is 20.3 Å². The van der Waals surface area contributed by atoms with E-state index in [2.05, 4.69) is 31.1 Å². The van der Waals surface area contributed by atoms with Gasteiger partial charge in [0.25, 0.3) is 6.10 Å². The van der Waals surface area contributed by atoms with E-state index < -0.39 is 19.3 Å². The first kappa shape index (κ1) is 32.8. The summed E-state index contributed by atoms with van der Waals surface area (Å²) in [6.45, 7) is 3.48. The fourth-order valence-corrected chi connectivity index (χ4v) is 3.75. The second-order valence-electron chi connectivity index (χ2n) is 8.24. The van der Waals surface area contributed by atoms with Gasteiger partial charge in [-0.2, -0.15) is 4.39 Å². The molecule has 3 unspecified atom stereocenters. The van der Waals surface area contributed by atoms with Crippen LogP contribution in [-0.2, 0) is 4.74 Å². The number of alkyl halides is 1. The van der Waals surface area contributed by atoms with Gasteiger partial charge in [0.05, 0.1) is 18.7 Å². The predicted molar refractivity (Wildman–Crippen MR) is 148 cm³/mol. The lowest BCUT2D eigenvalue weighted by Crippen LogP contribution is -2.20. The molecule has 218 valence electrons. The number of rotatable bonds is 10. The van der Waals surface area contributed by atoms with Gasteiger partial charge in [-0.05, 0) is 55.5 Å². The molecule has 0 fully saturated rings. The highest BCUT2D eigenvalue weighted by Gasteiger charge is 2.19. The van der Waals surface area contributed by atoms with Crippen LogP contribution < -0.4 is 15.8 Å². The lowest BCUT2D eigenvalue weighted by Gasteiger charge is -2.14. The number of hydrogen-bond donors (Lipinski definition) is 4. The Morgan fingerprint density at radius 2 is 2.02 bits per heavy atom. The molecule has 5 N–H and O–H groups in total. The molecule has 0 amide bonds. The zero-order valence-electron chi connectivity index (χ0n) is 22.1. The van der Waals surface area contributed by atoms with Gasteiger partial charge >= 0.3 is 0 Å². The Hall–Kier alpha value is -3.42. The van der Waals surface area contributed by atoms with Crippen LogP contribution in [0.15, 0.2) is 42.6 Å². The molecule has 1 aliphatic heterocycles. The molecule has 1 aliphatic rings. The van der Waals surface area contributed by atoms with Crippen LogP contribution in [-0.4, -0.2) is 83.9 Å². The standard InChI is InChI=1S/C15H21N5O2.C9H9F2O2P.CH3NO2/c16-9-12(22-8-7-21)14-19-13-11(3-6-18-15(13)20-14)10-1-4-17-5-2-10;1-14(11)9(10)13-8-4-2-7(6-12)3-5-8;1-2(3)4/h1,3,6,12,17,21H,2,4-5,7-9,16H2,(H,18,19,20);2-6,9H,1H3;1H3. The molecule has 0 saturated heterocycles. The van der Waals surface area contributed by atoms with Gasteiger partial charge in [-0.3, -0.25) is 14.9 Å². The number of halogens is 2. The average Bonchev–Trinajstić information content (AvgIpc) is 3.39. The van der Waals surface area contributed by atoms with Crippen LogP contribution in [0.3, 0.4) is 0 Å². The quantitative estimate of drug-likeness (QED) is 0.120. The minimum Gasteiger partial charge on any atom is -0.454 e. The summed E-state index contributed by atoms with van der Waals surface area (Å²) in [5, 5.41) is 21.0. The van der Waals surface area contributed by atoms with Gasteiger partial charge in [0.15, 0.2) is 20.9 Å². The largest absolute Gasteiger partial charge is 0.454 e. The van der Waals surface area contributed by atoms with Crippen molar-refractivity contribution in [2.45, 2.75) is 18.6 Å². The van der Waals surface area contributed by atoms with E-state index in [0.717, 1.165) is 44.3 Å². The number of pyridine rings is 1. The van der Waals surface area contributed by atoms with Gasteiger partial charge in [0.2, 0.25) is 0 Å². The number of aromatic amines is 1. The number of aliphatic hydroxyl groups is 1. The maximum Gasteiger partial charge on any atom is 0.284 e. The van der Waals surface area contributed by atoms with Crippen LogP contribution in [0.2, 0.25) is 0 Å². The van der Waals surface area contributed by atoms with Crippen molar-refractivity contribution >= 4 is 31.3 Å². The molecular weight excluding hydrogens is 549 g/mol. The number of ether oxygens (including phenoxy) is 2. The molecular formula is C25H33F2N6O6P. The fourth-order valence-electron chi connectivity index (χ4n) is 3.48. The number of fused-ring (bicyclic) bond motifs is 1. The van der Waals surface area contributed by atoms with Crippen molar-refractivity contribution in [3.63, 3.8) is 0 Å². The lowest BCUT2D eigenvalue weighted by atomic mass is 10.0. The summed E-state index contributed by atoms with van der Waals surface area (Å²) >= 11 is 0. The van der Waals surface area contributed by atoms with Crippen LogP contribution in [0.1, 0.15) is 34.3 Å². The molecule has 0 bridgehead atoms. The number of hydrogen-bond acceptors (Lipinski definition) is 10. The summed E-state index contributed by atoms with van der Waals surface area (Å²) in [6, 6.07) is 7.81. The number of aldehydes is 1. The second-order valence-corrected chi connectivity index (χ2v) is 9.70. The molecule has 3 heterocycles. The normalized spacial score (nSPS) is 14.9. The highest BCUT2D eigenvalue weighted by atomic mass is 31.2. The van der Waals surface area contributed by atoms with Crippen LogP contribution in [0.5, 0.6) is 5.75 Å². The summed E-state index contributed by atoms with van der Waals surface area (Å²) in [5.41, 5.74) is 10.2. The third kappa shape index (κ3) is 10.6. The monoisotopic (exact) mass is 582 g/mol. The van der Waals surface area contributed by atoms with Crippen LogP contribution in [0.4, 0.5) is 8.59 Å². The van der Waals surface area contributed by atoms with Gasteiger partial charge in [0, 0.05) is 35.3 Å². The Morgan fingerprint density at radius 1 is 1.32 bits per heavy atom. The molecule has 12 nitrogen and oxygen atoms in total. The molecule has 0 aliphatic carbocycles. The number of benzene rings is 1. The molecule has 40 heavy (non-hydrogen) atoms. The molecule has 0 saturated carbocycles. The number of imidazole rings is 1. The molecule has 4 rings (SSSR count). The number of nitrogens with zero attached hydrogens (tertiary/aromatic N) is 3. The van der Waals surface area contributed by atoms with Crippen LogP contribution in [0, 0.1) is 10.1 Å². The summed E-state index contributed by atoms with van der Waals surface area (Å²) in [5.74, 6) is 0.871. The molecule has 2 aromatic heterocycles. The zero-order valence-corrected chi connectivity index (χ0v) is 23.0. The summed E-state index contributed by atoms with van der Waals surface area (Å²) in [6.07, 6.45) is 3.34. The lowest BCUT2D eigenvalue weighted by molar-refractivity contribution is -0.445.